The van der Waals surface area contributed by atoms with Gasteiger partial charge < -0.3 is 10.2 Å². The molecule has 1 N–H and O–H groups in total. The van der Waals surface area contributed by atoms with Crippen LogP contribution in [0.15, 0.2) is 36.4 Å². The first-order valence-corrected chi connectivity index (χ1v) is 9.68. The van der Waals surface area contributed by atoms with Crippen molar-refractivity contribution in [1.29, 1.82) is 0 Å². The van der Waals surface area contributed by atoms with Crippen LogP contribution in [0.3, 0.4) is 0 Å². The van der Waals surface area contributed by atoms with Crippen LogP contribution in [0.4, 0.5) is 10.1 Å². The van der Waals surface area contributed by atoms with Gasteiger partial charge >= 0.3 is 0 Å². The molecule has 2 aromatic rings. The number of amides is 2. The lowest BCUT2D eigenvalue weighted by molar-refractivity contribution is -0.117. The van der Waals surface area contributed by atoms with E-state index in [0.717, 1.165) is 0 Å². The maximum Gasteiger partial charge on any atom is 0.256 e. The fraction of sp³-hybridized carbons (Fsp3) is 0.263. The van der Waals surface area contributed by atoms with Gasteiger partial charge in [0, 0.05) is 36.2 Å². The summed E-state index contributed by atoms with van der Waals surface area (Å²) in [6, 6.07) is 8.74. The van der Waals surface area contributed by atoms with Crippen molar-refractivity contribution in [3.05, 3.63) is 62.8 Å². The van der Waals surface area contributed by atoms with Crippen LogP contribution in [-0.4, -0.2) is 54.3 Å². The van der Waals surface area contributed by atoms with Crippen LogP contribution in [0.5, 0.6) is 0 Å². The van der Waals surface area contributed by atoms with Crippen LogP contribution < -0.4 is 5.32 Å². The molecule has 9 heteroatoms. The third kappa shape index (κ3) is 5.14. The largest absolute Gasteiger partial charge is 0.336 e. The molecule has 5 nitrogen and oxygen atoms in total. The molecule has 2 amide bonds. The van der Waals surface area contributed by atoms with E-state index in [4.69, 9.17) is 34.8 Å². The van der Waals surface area contributed by atoms with Crippen LogP contribution in [0.25, 0.3) is 0 Å². The fourth-order valence-corrected chi connectivity index (χ4v) is 3.55. The van der Waals surface area contributed by atoms with Gasteiger partial charge in [-0.25, -0.2) is 4.39 Å². The van der Waals surface area contributed by atoms with Gasteiger partial charge in [0.15, 0.2) is 0 Å². The van der Waals surface area contributed by atoms with E-state index in [-0.39, 0.29) is 18.0 Å². The summed E-state index contributed by atoms with van der Waals surface area (Å²) in [5.41, 5.74) is 0.442. The molecule has 0 spiro atoms. The lowest BCUT2D eigenvalue weighted by Gasteiger charge is -2.34. The fourth-order valence-electron chi connectivity index (χ4n) is 2.92. The molecule has 1 aliphatic rings. The molecule has 0 bridgehead atoms. The number of hydrogen-bond donors (Lipinski definition) is 1. The van der Waals surface area contributed by atoms with Crippen molar-refractivity contribution in [1.82, 2.24) is 9.80 Å². The Labute approximate surface area is 177 Å². The summed E-state index contributed by atoms with van der Waals surface area (Å²) in [7, 11) is 0. The van der Waals surface area contributed by atoms with E-state index in [1.807, 2.05) is 4.90 Å². The van der Waals surface area contributed by atoms with Crippen molar-refractivity contribution in [3.8, 4) is 0 Å². The standard InChI is InChI=1S/C19H17Cl3FN3O2/c20-12-1-3-16(23)14(9-12)19(28)26-7-5-25(6-8-26)11-18(27)24-17-4-2-13(21)10-15(17)22/h1-4,9-10H,5-8,11H2,(H,24,27). The minimum absolute atomic E-state index is 0.0453. The Morgan fingerprint density at radius 1 is 0.964 bits per heavy atom. The van der Waals surface area contributed by atoms with E-state index in [2.05, 4.69) is 5.32 Å². The number of anilines is 1. The molecule has 1 saturated heterocycles. The van der Waals surface area contributed by atoms with Gasteiger partial charge in [0.1, 0.15) is 5.82 Å². The van der Waals surface area contributed by atoms with Crippen LogP contribution in [0.1, 0.15) is 10.4 Å². The third-order valence-electron chi connectivity index (χ3n) is 4.39. The molecule has 1 heterocycles. The average Bonchev–Trinajstić information content (AvgIpc) is 2.66. The second-order valence-corrected chi connectivity index (χ2v) is 7.64. The zero-order valence-electron chi connectivity index (χ0n) is 14.7. The number of nitrogens with zero attached hydrogens (tertiary/aromatic N) is 2. The van der Waals surface area contributed by atoms with Gasteiger partial charge in [-0.3, -0.25) is 14.5 Å². The van der Waals surface area contributed by atoms with Crippen molar-refractivity contribution < 1.29 is 14.0 Å². The summed E-state index contributed by atoms with van der Waals surface area (Å²) in [5.74, 6) is -1.22. The van der Waals surface area contributed by atoms with Gasteiger partial charge in [0.25, 0.3) is 5.91 Å². The summed E-state index contributed by atoms with van der Waals surface area (Å²) in [5, 5.41) is 3.90. The van der Waals surface area contributed by atoms with E-state index in [1.54, 1.807) is 23.1 Å². The molecule has 28 heavy (non-hydrogen) atoms. The molecular weight excluding hydrogens is 428 g/mol. The van der Waals surface area contributed by atoms with E-state index in [0.29, 0.717) is 46.9 Å². The molecule has 3 rings (SSSR count). The van der Waals surface area contributed by atoms with E-state index < -0.39 is 11.7 Å². The SMILES string of the molecule is O=C(CN1CCN(C(=O)c2cc(Cl)ccc2F)CC1)Nc1ccc(Cl)cc1Cl. The third-order valence-corrected chi connectivity index (χ3v) is 5.17. The Kier molecular flexibility index (Phi) is 6.78. The number of hydrogen-bond acceptors (Lipinski definition) is 3. The van der Waals surface area contributed by atoms with Gasteiger partial charge in [-0.2, -0.15) is 0 Å². The lowest BCUT2D eigenvalue weighted by atomic mass is 10.1. The smallest absolute Gasteiger partial charge is 0.256 e. The molecular formula is C19H17Cl3FN3O2. The van der Waals surface area contributed by atoms with Crippen molar-refractivity contribution in [3.63, 3.8) is 0 Å². The predicted octanol–water partition coefficient (Wildman–Crippen LogP) is 4.18. The number of carbonyl (C=O) groups excluding carboxylic acids is 2. The van der Waals surface area contributed by atoms with E-state index >= 15 is 0 Å². The second-order valence-electron chi connectivity index (χ2n) is 6.36. The highest BCUT2D eigenvalue weighted by Gasteiger charge is 2.25. The molecule has 1 aliphatic heterocycles. The Hall–Kier alpha value is -1.86. The molecule has 1 fully saturated rings. The van der Waals surface area contributed by atoms with Crippen LogP contribution >= 0.6 is 34.8 Å². The summed E-state index contributed by atoms with van der Waals surface area (Å²) in [4.78, 5) is 28.2. The molecule has 0 unspecified atom stereocenters. The van der Waals surface area contributed by atoms with Crippen molar-refractivity contribution in [2.75, 3.05) is 38.0 Å². The molecule has 0 aliphatic carbocycles. The van der Waals surface area contributed by atoms with E-state index in [1.165, 1.54) is 18.2 Å². The molecule has 0 aromatic heterocycles. The quantitative estimate of drug-likeness (QED) is 0.770. The minimum atomic E-state index is -0.601. The Morgan fingerprint density at radius 3 is 2.29 bits per heavy atom. The summed E-state index contributed by atoms with van der Waals surface area (Å²) in [6.07, 6.45) is 0. The normalized spacial score (nSPS) is 14.8. The molecule has 2 aromatic carbocycles. The topological polar surface area (TPSA) is 52.7 Å². The zero-order valence-corrected chi connectivity index (χ0v) is 17.0. The van der Waals surface area contributed by atoms with Crippen molar-refractivity contribution >= 4 is 52.3 Å². The highest BCUT2D eigenvalue weighted by molar-refractivity contribution is 6.36. The maximum absolute atomic E-state index is 13.9. The second kappa shape index (κ2) is 9.09. The van der Waals surface area contributed by atoms with Gasteiger partial charge in [-0.05, 0) is 36.4 Å². The van der Waals surface area contributed by atoms with Crippen LogP contribution in [-0.2, 0) is 4.79 Å². The van der Waals surface area contributed by atoms with Gasteiger partial charge in [0.2, 0.25) is 5.91 Å². The van der Waals surface area contributed by atoms with Gasteiger partial charge in [-0.15, -0.1) is 0 Å². The number of halogens is 4. The Bertz CT molecular complexity index is 902. The first-order valence-electron chi connectivity index (χ1n) is 8.55. The average molecular weight is 445 g/mol. The first kappa shape index (κ1) is 20.9. The number of carbonyl (C=O) groups is 2. The highest BCUT2D eigenvalue weighted by Crippen LogP contribution is 2.25. The minimum Gasteiger partial charge on any atom is -0.336 e. The summed E-state index contributed by atoms with van der Waals surface area (Å²) < 4.78 is 13.9. The number of benzene rings is 2. The molecule has 148 valence electrons. The first-order chi connectivity index (χ1) is 13.3. The van der Waals surface area contributed by atoms with Crippen molar-refractivity contribution in [2.24, 2.45) is 0 Å². The highest BCUT2D eigenvalue weighted by atomic mass is 35.5. The summed E-state index contributed by atoms with van der Waals surface area (Å²) in [6.45, 7) is 1.93. The predicted molar refractivity (Wildman–Crippen MR) is 109 cm³/mol. The van der Waals surface area contributed by atoms with Crippen molar-refractivity contribution in [2.45, 2.75) is 0 Å². The lowest BCUT2D eigenvalue weighted by Crippen LogP contribution is -2.50. The molecule has 0 atom stereocenters. The van der Waals surface area contributed by atoms with Crippen LogP contribution in [0.2, 0.25) is 15.1 Å². The van der Waals surface area contributed by atoms with Crippen LogP contribution in [0, 0.1) is 5.82 Å². The monoisotopic (exact) mass is 443 g/mol. The van der Waals surface area contributed by atoms with E-state index in [9.17, 15) is 14.0 Å². The molecule has 0 saturated carbocycles. The zero-order chi connectivity index (χ0) is 20.3. The molecule has 0 radical (unpaired) electrons. The van der Waals surface area contributed by atoms with Gasteiger partial charge in [-0.1, -0.05) is 34.8 Å². The Balaban J connectivity index is 1.53. The maximum atomic E-state index is 13.9. The Morgan fingerprint density at radius 2 is 1.61 bits per heavy atom. The van der Waals surface area contributed by atoms with Gasteiger partial charge in [0.05, 0.1) is 22.8 Å². The number of rotatable bonds is 4. The summed E-state index contributed by atoms with van der Waals surface area (Å²) >= 11 is 17.8. The number of nitrogens with one attached hydrogen (secondary N) is 1. The number of piperazine rings is 1.